The standard InChI is InChI=1S/C10H12IN5O/c1-10(2)6(11)3-15-5-14-8-7(15)9(16(10)17)13-4-12-8/h4-6,17H,3H2,1-2H3. The highest BCUT2D eigenvalue weighted by molar-refractivity contribution is 14.1. The van der Waals surface area contributed by atoms with Gasteiger partial charge in [0.1, 0.15) is 11.8 Å². The molecule has 1 atom stereocenters. The summed E-state index contributed by atoms with van der Waals surface area (Å²) in [4.78, 5) is 12.5. The molecule has 0 amide bonds. The van der Waals surface area contributed by atoms with Gasteiger partial charge in [0.2, 0.25) is 0 Å². The highest BCUT2D eigenvalue weighted by Gasteiger charge is 2.39. The molecule has 1 N–H and O–H groups in total. The van der Waals surface area contributed by atoms with E-state index in [2.05, 4.69) is 37.5 Å². The van der Waals surface area contributed by atoms with Crippen molar-refractivity contribution in [2.75, 3.05) is 5.06 Å². The van der Waals surface area contributed by atoms with Crippen LogP contribution in [0.3, 0.4) is 0 Å². The van der Waals surface area contributed by atoms with Crippen molar-refractivity contribution >= 4 is 39.6 Å². The molecule has 3 heterocycles. The Balaban J connectivity index is 2.33. The first-order valence-corrected chi connectivity index (χ1v) is 6.55. The topological polar surface area (TPSA) is 67.1 Å². The normalized spacial score (nSPS) is 22.8. The zero-order valence-electron chi connectivity index (χ0n) is 9.50. The number of aromatic nitrogens is 4. The molecule has 0 saturated carbocycles. The Kier molecular flexibility index (Phi) is 2.31. The number of imidazole rings is 1. The van der Waals surface area contributed by atoms with Crippen molar-refractivity contribution in [3.8, 4) is 0 Å². The van der Waals surface area contributed by atoms with E-state index < -0.39 is 0 Å². The Bertz CT molecular complexity index is 581. The number of alkyl halides is 1. The van der Waals surface area contributed by atoms with Crippen molar-refractivity contribution in [1.29, 1.82) is 0 Å². The fraction of sp³-hybridized carbons (Fsp3) is 0.500. The lowest BCUT2D eigenvalue weighted by atomic mass is 10.0. The van der Waals surface area contributed by atoms with Gasteiger partial charge in [0, 0.05) is 6.54 Å². The van der Waals surface area contributed by atoms with Crippen molar-refractivity contribution in [1.82, 2.24) is 19.5 Å². The van der Waals surface area contributed by atoms with E-state index in [4.69, 9.17) is 0 Å². The molecule has 1 unspecified atom stereocenters. The maximum Gasteiger partial charge on any atom is 0.183 e. The zero-order valence-corrected chi connectivity index (χ0v) is 11.7. The molecule has 90 valence electrons. The van der Waals surface area contributed by atoms with Crippen LogP contribution in [0.2, 0.25) is 0 Å². The average molecular weight is 345 g/mol. The molecule has 1 aliphatic rings. The SMILES string of the molecule is CC1(C)C(I)Cn2cnc3ncnc(c32)N1O. The Labute approximate surface area is 112 Å². The molecule has 2 aromatic rings. The van der Waals surface area contributed by atoms with E-state index in [1.54, 1.807) is 6.33 Å². The monoisotopic (exact) mass is 345 g/mol. The molecule has 0 aliphatic carbocycles. The summed E-state index contributed by atoms with van der Waals surface area (Å²) < 4.78 is 2.23. The quantitative estimate of drug-likeness (QED) is 0.581. The summed E-state index contributed by atoms with van der Waals surface area (Å²) in [5.74, 6) is 0.525. The van der Waals surface area contributed by atoms with Crippen molar-refractivity contribution in [2.45, 2.75) is 29.9 Å². The second-order valence-electron chi connectivity index (χ2n) is 4.70. The smallest absolute Gasteiger partial charge is 0.183 e. The minimum absolute atomic E-state index is 0.233. The highest BCUT2D eigenvalue weighted by Crippen LogP contribution is 2.35. The third-order valence-corrected chi connectivity index (χ3v) is 5.18. The zero-order chi connectivity index (χ0) is 12.2. The summed E-state index contributed by atoms with van der Waals surface area (Å²) in [6.45, 7) is 4.78. The van der Waals surface area contributed by atoms with Crippen LogP contribution in [-0.2, 0) is 6.54 Å². The predicted molar refractivity (Wildman–Crippen MR) is 71.5 cm³/mol. The van der Waals surface area contributed by atoms with E-state index in [9.17, 15) is 5.21 Å². The van der Waals surface area contributed by atoms with Crippen LogP contribution >= 0.6 is 22.6 Å². The van der Waals surface area contributed by atoms with Gasteiger partial charge in [-0.05, 0) is 13.8 Å². The van der Waals surface area contributed by atoms with Gasteiger partial charge in [-0.3, -0.25) is 5.21 Å². The second kappa shape index (κ2) is 3.52. The van der Waals surface area contributed by atoms with Gasteiger partial charge in [-0.25, -0.2) is 20.0 Å². The summed E-state index contributed by atoms with van der Waals surface area (Å²) in [5, 5.41) is 11.6. The first-order valence-electron chi connectivity index (χ1n) is 5.31. The molecule has 0 spiro atoms. The number of rotatable bonds is 0. The van der Waals surface area contributed by atoms with Gasteiger partial charge in [-0.15, -0.1) is 0 Å². The van der Waals surface area contributed by atoms with E-state index >= 15 is 0 Å². The van der Waals surface area contributed by atoms with Crippen LogP contribution in [-0.4, -0.2) is 34.2 Å². The number of hydrogen-bond donors (Lipinski definition) is 1. The Morgan fingerprint density at radius 1 is 1.41 bits per heavy atom. The Morgan fingerprint density at radius 2 is 2.18 bits per heavy atom. The number of hydroxylamine groups is 1. The predicted octanol–water partition coefficient (Wildman–Crippen LogP) is 1.62. The van der Waals surface area contributed by atoms with Gasteiger partial charge >= 0.3 is 0 Å². The number of nitrogens with zero attached hydrogens (tertiary/aromatic N) is 5. The summed E-state index contributed by atoms with van der Waals surface area (Å²) in [6, 6.07) is 0. The summed E-state index contributed by atoms with van der Waals surface area (Å²) >= 11 is 2.35. The number of anilines is 1. The van der Waals surface area contributed by atoms with Crippen LogP contribution in [0.15, 0.2) is 12.7 Å². The van der Waals surface area contributed by atoms with Crippen LogP contribution < -0.4 is 5.06 Å². The molecule has 0 aromatic carbocycles. The van der Waals surface area contributed by atoms with Crippen molar-refractivity contribution in [2.24, 2.45) is 0 Å². The van der Waals surface area contributed by atoms with Crippen LogP contribution in [0, 0.1) is 0 Å². The fourth-order valence-corrected chi connectivity index (χ4v) is 2.68. The summed E-state index contributed by atoms with van der Waals surface area (Å²) in [5.41, 5.74) is 1.03. The van der Waals surface area contributed by atoms with E-state index in [1.807, 2.05) is 18.4 Å². The number of halogens is 1. The van der Waals surface area contributed by atoms with Gasteiger partial charge in [0.05, 0.1) is 15.8 Å². The van der Waals surface area contributed by atoms with Crippen LogP contribution in [0.4, 0.5) is 5.82 Å². The van der Waals surface area contributed by atoms with Gasteiger partial charge in [-0.2, -0.15) is 0 Å². The summed E-state index contributed by atoms with van der Waals surface area (Å²) in [7, 11) is 0. The average Bonchev–Trinajstić information content (AvgIpc) is 2.68. The largest absolute Gasteiger partial charge is 0.325 e. The van der Waals surface area contributed by atoms with Crippen molar-refractivity contribution in [3.63, 3.8) is 0 Å². The van der Waals surface area contributed by atoms with Crippen LogP contribution in [0.1, 0.15) is 13.8 Å². The van der Waals surface area contributed by atoms with Gasteiger partial charge in [0.15, 0.2) is 11.5 Å². The maximum absolute atomic E-state index is 10.4. The molecule has 6 nitrogen and oxygen atoms in total. The van der Waals surface area contributed by atoms with E-state index in [0.717, 1.165) is 12.1 Å². The molecule has 7 heteroatoms. The van der Waals surface area contributed by atoms with Gasteiger partial charge in [0.25, 0.3) is 0 Å². The van der Waals surface area contributed by atoms with E-state index in [-0.39, 0.29) is 9.46 Å². The van der Waals surface area contributed by atoms with Crippen molar-refractivity contribution in [3.05, 3.63) is 12.7 Å². The Morgan fingerprint density at radius 3 is 2.94 bits per heavy atom. The first kappa shape index (κ1) is 11.1. The van der Waals surface area contributed by atoms with E-state index in [0.29, 0.717) is 11.5 Å². The fourth-order valence-electron chi connectivity index (χ4n) is 1.99. The molecule has 0 radical (unpaired) electrons. The molecule has 2 aromatic heterocycles. The third-order valence-electron chi connectivity index (χ3n) is 3.26. The second-order valence-corrected chi connectivity index (χ2v) is 6.20. The van der Waals surface area contributed by atoms with E-state index in [1.165, 1.54) is 11.4 Å². The van der Waals surface area contributed by atoms with Crippen LogP contribution in [0.25, 0.3) is 11.2 Å². The molecule has 3 rings (SSSR count). The lowest BCUT2D eigenvalue weighted by Crippen LogP contribution is -2.49. The lowest BCUT2D eigenvalue weighted by molar-refractivity contribution is 0.168. The molecular weight excluding hydrogens is 333 g/mol. The lowest BCUT2D eigenvalue weighted by Gasteiger charge is -2.35. The molecule has 17 heavy (non-hydrogen) atoms. The molecule has 1 aliphatic heterocycles. The Hall–Kier alpha value is -0.960. The number of hydrogen-bond acceptors (Lipinski definition) is 5. The van der Waals surface area contributed by atoms with Crippen molar-refractivity contribution < 1.29 is 5.21 Å². The first-order chi connectivity index (χ1) is 8.01. The highest BCUT2D eigenvalue weighted by atomic mass is 127. The molecule has 0 saturated heterocycles. The molecule has 0 fully saturated rings. The van der Waals surface area contributed by atoms with Gasteiger partial charge < -0.3 is 4.57 Å². The molecular formula is C10H12IN5O. The maximum atomic E-state index is 10.4. The van der Waals surface area contributed by atoms with Crippen LogP contribution in [0.5, 0.6) is 0 Å². The minimum Gasteiger partial charge on any atom is -0.325 e. The third kappa shape index (κ3) is 1.45. The minimum atomic E-state index is -0.388. The molecule has 0 bridgehead atoms. The summed E-state index contributed by atoms with van der Waals surface area (Å²) in [6.07, 6.45) is 3.19. The van der Waals surface area contributed by atoms with Gasteiger partial charge in [-0.1, -0.05) is 22.6 Å².